The highest BCUT2D eigenvalue weighted by molar-refractivity contribution is 5.87. The molecule has 0 fully saturated rings. The van der Waals surface area contributed by atoms with E-state index in [1.165, 1.54) is 24.3 Å². The van der Waals surface area contributed by atoms with Crippen LogP contribution in [0.4, 0.5) is 0 Å². The smallest absolute Gasteiger partial charge is 0.157 e. The molecule has 0 atom stereocenters. The third-order valence-electron chi connectivity index (χ3n) is 5.10. The minimum atomic E-state index is -0.225. The highest BCUT2D eigenvalue weighted by Gasteiger charge is 2.11. The SMILES string of the molecule is Oc1ccc(Cc2cc3cc(Cc4ccc(O)c(O)c4)c(O)cc3cc2O)cc1O. The largest absolute Gasteiger partial charge is 0.508 e. The monoisotopic (exact) mass is 404 g/mol. The minimum absolute atomic E-state index is 0.0608. The molecule has 6 heteroatoms. The standard InChI is InChI=1S/C24H20O6/c25-19-3-1-13(7-23(19)29)5-17-9-15-10-18(22(28)12-16(15)11-21(17)27)6-14-2-4-20(26)24(30)8-14/h1-4,7-12,25-30H,5-6H2. The van der Waals surface area contributed by atoms with Crippen LogP contribution in [-0.4, -0.2) is 30.6 Å². The Bertz CT molecular complexity index is 1170. The van der Waals surface area contributed by atoms with Gasteiger partial charge in [-0.1, -0.05) is 12.1 Å². The Morgan fingerprint density at radius 3 is 1.20 bits per heavy atom. The molecule has 0 aliphatic heterocycles. The van der Waals surface area contributed by atoms with Crippen molar-refractivity contribution in [3.05, 3.63) is 82.9 Å². The molecule has 0 unspecified atom stereocenters. The molecule has 4 aromatic carbocycles. The van der Waals surface area contributed by atoms with E-state index in [2.05, 4.69) is 0 Å². The van der Waals surface area contributed by atoms with Crippen molar-refractivity contribution in [2.24, 2.45) is 0 Å². The number of rotatable bonds is 4. The number of hydrogen-bond acceptors (Lipinski definition) is 6. The summed E-state index contributed by atoms with van der Waals surface area (Å²) < 4.78 is 0. The summed E-state index contributed by atoms with van der Waals surface area (Å²) in [5.74, 6) is -0.741. The Kier molecular flexibility index (Phi) is 4.75. The lowest BCUT2D eigenvalue weighted by Gasteiger charge is -2.12. The summed E-state index contributed by atoms with van der Waals surface area (Å²) in [5, 5.41) is 60.6. The van der Waals surface area contributed by atoms with Gasteiger partial charge in [-0.2, -0.15) is 0 Å². The van der Waals surface area contributed by atoms with Gasteiger partial charge in [0.05, 0.1) is 0 Å². The van der Waals surface area contributed by atoms with Crippen LogP contribution in [0.1, 0.15) is 22.3 Å². The first-order valence-corrected chi connectivity index (χ1v) is 9.29. The predicted octanol–water partition coefficient (Wildman–Crippen LogP) is 4.26. The van der Waals surface area contributed by atoms with Crippen molar-refractivity contribution in [3.63, 3.8) is 0 Å². The van der Waals surface area contributed by atoms with E-state index < -0.39 is 0 Å². The minimum Gasteiger partial charge on any atom is -0.508 e. The first kappa shape index (κ1) is 19.3. The van der Waals surface area contributed by atoms with Crippen LogP contribution >= 0.6 is 0 Å². The topological polar surface area (TPSA) is 121 Å². The van der Waals surface area contributed by atoms with Gasteiger partial charge in [0.2, 0.25) is 0 Å². The molecular formula is C24H20O6. The highest BCUT2D eigenvalue weighted by Crippen LogP contribution is 2.34. The maximum atomic E-state index is 10.4. The molecular weight excluding hydrogens is 384 g/mol. The summed E-state index contributed by atoms with van der Waals surface area (Å²) in [5.41, 5.74) is 2.70. The molecule has 0 radical (unpaired) electrons. The van der Waals surface area contributed by atoms with Crippen molar-refractivity contribution in [1.29, 1.82) is 0 Å². The number of benzene rings is 4. The van der Waals surface area contributed by atoms with Gasteiger partial charge in [-0.15, -0.1) is 0 Å². The molecule has 0 aliphatic carbocycles. The Hall–Kier alpha value is -4.06. The Morgan fingerprint density at radius 2 is 0.800 bits per heavy atom. The number of phenolic OH excluding ortho intramolecular Hbond substituents is 6. The van der Waals surface area contributed by atoms with Gasteiger partial charge >= 0.3 is 0 Å². The van der Waals surface area contributed by atoms with E-state index >= 15 is 0 Å². The highest BCUT2D eigenvalue weighted by atomic mass is 16.3. The fourth-order valence-electron chi connectivity index (χ4n) is 3.50. The van der Waals surface area contributed by atoms with E-state index in [9.17, 15) is 30.6 Å². The van der Waals surface area contributed by atoms with Gasteiger partial charge in [0.25, 0.3) is 0 Å². The first-order chi connectivity index (χ1) is 14.3. The van der Waals surface area contributed by atoms with Crippen LogP contribution in [0, 0.1) is 0 Å². The molecule has 6 N–H and O–H groups in total. The number of fused-ring (bicyclic) bond motifs is 1. The Balaban J connectivity index is 1.70. The van der Waals surface area contributed by atoms with Gasteiger partial charge < -0.3 is 30.6 Å². The third kappa shape index (κ3) is 3.75. The number of phenols is 6. The van der Waals surface area contributed by atoms with Crippen molar-refractivity contribution >= 4 is 10.8 Å². The third-order valence-corrected chi connectivity index (χ3v) is 5.10. The number of hydrogen-bond donors (Lipinski definition) is 6. The summed E-state index contributed by atoms with van der Waals surface area (Å²) in [4.78, 5) is 0. The Morgan fingerprint density at radius 1 is 0.400 bits per heavy atom. The molecule has 30 heavy (non-hydrogen) atoms. The maximum absolute atomic E-state index is 10.4. The molecule has 0 aliphatic rings. The second-order valence-corrected chi connectivity index (χ2v) is 7.31. The summed E-state index contributed by atoms with van der Waals surface area (Å²) >= 11 is 0. The lowest BCUT2D eigenvalue weighted by atomic mass is 9.96. The molecule has 6 nitrogen and oxygen atoms in total. The van der Waals surface area contributed by atoms with Crippen LogP contribution < -0.4 is 0 Å². The first-order valence-electron chi connectivity index (χ1n) is 9.29. The quantitative estimate of drug-likeness (QED) is 0.283. The van der Waals surface area contributed by atoms with Crippen molar-refractivity contribution in [2.75, 3.05) is 0 Å². The molecule has 0 bridgehead atoms. The molecule has 152 valence electrons. The van der Waals surface area contributed by atoms with E-state index in [0.29, 0.717) is 29.4 Å². The molecule has 0 saturated carbocycles. The fourth-order valence-corrected chi connectivity index (χ4v) is 3.50. The lowest BCUT2D eigenvalue weighted by Crippen LogP contribution is -1.92. The maximum Gasteiger partial charge on any atom is 0.157 e. The van der Waals surface area contributed by atoms with Crippen molar-refractivity contribution < 1.29 is 30.6 Å². The summed E-state index contributed by atoms with van der Waals surface area (Å²) in [6, 6.07) is 15.8. The molecule has 0 amide bonds. The molecule has 0 spiro atoms. The van der Waals surface area contributed by atoms with Crippen LogP contribution in [0.5, 0.6) is 34.5 Å². The zero-order chi connectivity index (χ0) is 21.4. The molecule has 0 saturated heterocycles. The van der Waals surface area contributed by atoms with Gasteiger partial charge in [-0.25, -0.2) is 0 Å². The zero-order valence-corrected chi connectivity index (χ0v) is 15.9. The normalized spacial score (nSPS) is 11.1. The zero-order valence-electron chi connectivity index (χ0n) is 15.9. The lowest BCUT2D eigenvalue weighted by molar-refractivity contribution is 0.403. The predicted molar refractivity (Wildman–Crippen MR) is 112 cm³/mol. The van der Waals surface area contributed by atoms with Crippen molar-refractivity contribution in [2.45, 2.75) is 12.8 Å². The average Bonchev–Trinajstić information content (AvgIpc) is 2.69. The van der Waals surface area contributed by atoms with Gasteiger partial charge in [0, 0.05) is 12.8 Å². The van der Waals surface area contributed by atoms with Crippen molar-refractivity contribution in [1.82, 2.24) is 0 Å². The second kappa shape index (κ2) is 7.40. The van der Waals surface area contributed by atoms with E-state index in [0.717, 1.165) is 16.5 Å². The van der Waals surface area contributed by atoms with E-state index in [4.69, 9.17) is 0 Å². The second-order valence-electron chi connectivity index (χ2n) is 7.31. The summed E-state index contributed by atoms with van der Waals surface area (Å²) in [6.07, 6.45) is 0.690. The summed E-state index contributed by atoms with van der Waals surface area (Å²) in [7, 11) is 0. The van der Waals surface area contributed by atoms with E-state index in [1.807, 2.05) is 12.1 Å². The molecule has 4 rings (SSSR count). The van der Waals surface area contributed by atoms with Gasteiger partial charge in [0.15, 0.2) is 23.0 Å². The average molecular weight is 404 g/mol. The number of aromatic hydroxyl groups is 6. The van der Waals surface area contributed by atoms with Crippen LogP contribution in [0.25, 0.3) is 10.8 Å². The van der Waals surface area contributed by atoms with Crippen LogP contribution in [-0.2, 0) is 12.8 Å². The van der Waals surface area contributed by atoms with Crippen LogP contribution in [0.3, 0.4) is 0 Å². The van der Waals surface area contributed by atoms with Crippen LogP contribution in [0.2, 0.25) is 0 Å². The van der Waals surface area contributed by atoms with Gasteiger partial charge in [0.1, 0.15) is 11.5 Å². The summed E-state index contributed by atoms with van der Waals surface area (Å²) in [6.45, 7) is 0. The molecule has 4 aromatic rings. The van der Waals surface area contributed by atoms with E-state index in [1.54, 1.807) is 24.3 Å². The molecule has 0 heterocycles. The van der Waals surface area contributed by atoms with Crippen LogP contribution in [0.15, 0.2) is 60.7 Å². The van der Waals surface area contributed by atoms with Gasteiger partial charge in [-0.3, -0.25) is 0 Å². The van der Waals surface area contributed by atoms with Crippen molar-refractivity contribution in [3.8, 4) is 34.5 Å². The Labute approximate surface area is 172 Å². The van der Waals surface area contributed by atoms with E-state index in [-0.39, 0.29) is 34.5 Å². The van der Waals surface area contributed by atoms with Gasteiger partial charge in [-0.05, 0) is 81.6 Å². The fraction of sp³-hybridized carbons (Fsp3) is 0.0833. The molecule has 0 aromatic heterocycles.